The Labute approximate surface area is 219 Å². The fourth-order valence-electron chi connectivity index (χ4n) is 6.26. The molecule has 192 valence electrons. The van der Waals surface area contributed by atoms with Crippen molar-refractivity contribution in [2.45, 2.75) is 25.3 Å². The molecule has 38 heavy (non-hydrogen) atoms. The summed E-state index contributed by atoms with van der Waals surface area (Å²) in [7, 11) is 6.81. The number of H-pyrrole nitrogens is 2. The second-order valence-electron chi connectivity index (χ2n) is 9.69. The summed E-state index contributed by atoms with van der Waals surface area (Å²) in [6.45, 7) is 0. The molecule has 0 radical (unpaired) electrons. The molecule has 1 aliphatic rings. The second-order valence-corrected chi connectivity index (χ2v) is 9.69. The van der Waals surface area contributed by atoms with Crippen molar-refractivity contribution in [2.24, 2.45) is 0 Å². The molecule has 0 bridgehead atoms. The first kappa shape index (κ1) is 22.7. The van der Waals surface area contributed by atoms with Crippen LogP contribution >= 0.6 is 0 Å². The molecule has 4 aromatic heterocycles. The summed E-state index contributed by atoms with van der Waals surface area (Å²) in [5, 5.41) is 4.24. The highest BCUT2D eigenvalue weighted by molar-refractivity contribution is 6.13. The Balaban J connectivity index is 1.52. The lowest BCUT2D eigenvalue weighted by Gasteiger charge is -2.21. The van der Waals surface area contributed by atoms with Crippen molar-refractivity contribution in [3.63, 3.8) is 0 Å². The Morgan fingerprint density at radius 2 is 1.34 bits per heavy atom. The molecule has 0 aliphatic carbocycles. The van der Waals surface area contributed by atoms with E-state index in [4.69, 9.17) is 23.9 Å². The van der Waals surface area contributed by atoms with E-state index >= 15 is 0 Å². The van der Waals surface area contributed by atoms with Crippen LogP contribution in [0.1, 0.15) is 30.3 Å². The van der Waals surface area contributed by atoms with Gasteiger partial charge < -0.3 is 28.9 Å². The Bertz CT molecular complexity index is 1870. The molecule has 1 aliphatic heterocycles. The molecule has 0 saturated heterocycles. The lowest BCUT2D eigenvalue weighted by molar-refractivity contribution is -0.725. The summed E-state index contributed by atoms with van der Waals surface area (Å²) in [4.78, 5) is 12.3. The van der Waals surface area contributed by atoms with Crippen LogP contribution in [0.2, 0.25) is 0 Å². The summed E-state index contributed by atoms with van der Waals surface area (Å²) in [5.41, 5.74) is 6.17. The molecule has 8 heteroatoms. The van der Waals surface area contributed by atoms with Gasteiger partial charge in [-0.3, -0.25) is 0 Å². The largest absolute Gasteiger partial charge is 0.495 e. The molecule has 0 amide bonds. The summed E-state index contributed by atoms with van der Waals surface area (Å²) < 4.78 is 25.4. The van der Waals surface area contributed by atoms with E-state index in [1.165, 1.54) is 5.69 Å². The number of aromatic amines is 2. The smallest absolute Gasteiger partial charge is 0.212 e. The zero-order chi connectivity index (χ0) is 26.0. The van der Waals surface area contributed by atoms with Crippen LogP contribution < -0.4 is 23.5 Å². The number of aryl methyl sites for hydroxylation is 1. The minimum Gasteiger partial charge on any atom is -0.495 e. The molecule has 0 spiro atoms. The standard InChI is InChI=1S/C30H28N4O4/c1-35-20-12-6-9-17-25-23(38-4)15-34-18(28(25)32-26(17)20)10-7-11-19(34)29-30-24(22(37-3)14-31-29)16-8-5-13-21(36-2)27(16)33-30/h5-6,8-9,12-15,19H,7,10-11H2,1-4H3,(H,31,33)/p+1/t19-/m1/s1. The van der Waals surface area contributed by atoms with E-state index in [9.17, 15) is 0 Å². The number of nitrogens with zero attached hydrogens (tertiary/aromatic N) is 2. The quantitative estimate of drug-likeness (QED) is 0.296. The molecular formula is C30H29N4O4+. The predicted molar refractivity (Wildman–Crippen MR) is 147 cm³/mol. The van der Waals surface area contributed by atoms with Gasteiger partial charge in [-0.15, -0.1) is 0 Å². The third-order valence-corrected chi connectivity index (χ3v) is 7.94. The molecule has 8 nitrogen and oxygen atoms in total. The van der Waals surface area contributed by atoms with Crippen molar-refractivity contribution in [3.05, 3.63) is 60.2 Å². The Morgan fingerprint density at radius 3 is 1.97 bits per heavy atom. The molecule has 0 fully saturated rings. The van der Waals surface area contributed by atoms with Crippen molar-refractivity contribution in [3.8, 4) is 23.0 Å². The average molecular weight is 510 g/mol. The topological polar surface area (TPSA) is 85.3 Å². The van der Waals surface area contributed by atoms with Crippen LogP contribution in [0.3, 0.4) is 0 Å². The SMILES string of the molecule is COc1cccc2c1[nH]c1c([C@H]3CCCc4c5[nH]c6c(OC)cccc6c5c(OC)c[n+]43)ncc(OC)c12. The number of ether oxygens (including phenoxy) is 4. The molecule has 0 unspecified atom stereocenters. The number of para-hydroxylation sites is 2. The van der Waals surface area contributed by atoms with Gasteiger partial charge in [0.2, 0.25) is 17.9 Å². The number of hydrogen-bond acceptors (Lipinski definition) is 5. The fraction of sp³-hybridized carbons (Fsp3) is 0.267. The first-order chi connectivity index (χ1) is 18.7. The number of benzene rings is 2. The molecule has 2 N–H and O–H groups in total. The lowest BCUT2D eigenvalue weighted by atomic mass is 9.95. The molecule has 5 heterocycles. The summed E-state index contributed by atoms with van der Waals surface area (Å²) in [6, 6.07) is 12.2. The Kier molecular flexibility index (Phi) is 5.11. The molecule has 7 rings (SSSR count). The number of fused-ring (bicyclic) bond motifs is 8. The van der Waals surface area contributed by atoms with E-state index in [1.54, 1.807) is 28.4 Å². The van der Waals surface area contributed by atoms with Crippen molar-refractivity contribution < 1.29 is 23.5 Å². The maximum Gasteiger partial charge on any atom is 0.212 e. The summed E-state index contributed by atoms with van der Waals surface area (Å²) in [6.07, 6.45) is 6.91. The van der Waals surface area contributed by atoms with Gasteiger partial charge in [0, 0.05) is 23.6 Å². The van der Waals surface area contributed by atoms with Crippen molar-refractivity contribution in [1.82, 2.24) is 15.0 Å². The minimum absolute atomic E-state index is 0.0119. The van der Waals surface area contributed by atoms with E-state index in [0.717, 1.165) is 91.6 Å². The maximum absolute atomic E-state index is 5.97. The van der Waals surface area contributed by atoms with Crippen LogP contribution in [0.25, 0.3) is 43.6 Å². The zero-order valence-electron chi connectivity index (χ0n) is 21.8. The zero-order valence-corrected chi connectivity index (χ0v) is 21.8. The third-order valence-electron chi connectivity index (χ3n) is 7.94. The van der Waals surface area contributed by atoms with Gasteiger partial charge in [-0.1, -0.05) is 24.3 Å². The highest BCUT2D eigenvalue weighted by atomic mass is 16.5. The molecular weight excluding hydrogens is 480 g/mol. The molecule has 1 atom stereocenters. The first-order valence-corrected chi connectivity index (χ1v) is 12.8. The Morgan fingerprint density at radius 1 is 0.737 bits per heavy atom. The number of rotatable bonds is 5. The first-order valence-electron chi connectivity index (χ1n) is 12.8. The Hall–Kier alpha value is -4.46. The van der Waals surface area contributed by atoms with E-state index in [2.05, 4.69) is 32.9 Å². The predicted octanol–water partition coefficient (Wildman–Crippen LogP) is 5.60. The number of nitrogens with one attached hydrogen (secondary N) is 2. The number of methoxy groups -OCH3 is 4. The normalized spacial score (nSPS) is 15.3. The summed E-state index contributed by atoms with van der Waals surface area (Å²) >= 11 is 0. The van der Waals surface area contributed by atoms with Gasteiger partial charge in [0.15, 0.2) is 5.75 Å². The number of pyridine rings is 2. The van der Waals surface area contributed by atoms with Crippen molar-refractivity contribution in [1.29, 1.82) is 0 Å². The monoisotopic (exact) mass is 509 g/mol. The maximum atomic E-state index is 5.97. The van der Waals surface area contributed by atoms with Gasteiger partial charge in [0.1, 0.15) is 28.5 Å². The molecule has 6 aromatic rings. The fourth-order valence-corrected chi connectivity index (χ4v) is 6.26. The van der Waals surface area contributed by atoms with Crippen LogP contribution in [0, 0.1) is 0 Å². The van der Waals surface area contributed by atoms with E-state index in [0.29, 0.717) is 0 Å². The highest BCUT2D eigenvalue weighted by Gasteiger charge is 2.36. The van der Waals surface area contributed by atoms with Gasteiger partial charge in [0.25, 0.3) is 0 Å². The second kappa shape index (κ2) is 8.55. The lowest BCUT2D eigenvalue weighted by Crippen LogP contribution is -2.47. The van der Waals surface area contributed by atoms with Crippen LogP contribution in [-0.2, 0) is 6.42 Å². The van der Waals surface area contributed by atoms with Gasteiger partial charge in [-0.2, -0.15) is 4.57 Å². The van der Waals surface area contributed by atoms with Gasteiger partial charge in [-0.05, 0) is 18.6 Å². The van der Waals surface area contributed by atoms with Gasteiger partial charge in [-0.25, -0.2) is 4.98 Å². The van der Waals surface area contributed by atoms with E-state index in [-0.39, 0.29) is 6.04 Å². The molecule has 0 saturated carbocycles. The van der Waals surface area contributed by atoms with Crippen LogP contribution in [-0.4, -0.2) is 43.4 Å². The average Bonchev–Trinajstić information content (AvgIpc) is 3.56. The molecule has 2 aromatic carbocycles. The number of hydrogen-bond donors (Lipinski definition) is 2. The highest BCUT2D eigenvalue weighted by Crippen LogP contribution is 2.42. The number of aromatic nitrogens is 4. The summed E-state index contributed by atoms with van der Waals surface area (Å²) in [5.74, 6) is 3.16. The van der Waals surface area contributed by atoms with E-state index < -0.39 is 0 Å². The third kappa shape index (κ3) is 3.03. The van der Waals surface area contributed by atoms with Crippen LogP contribution in [0.5, 0.6) is 23.0 Å². The van der Waals surface area contributed by atoms with Crippen LogP contribution in [0.15, 0.2) is 48.8 Å². The van der Waals surface area contributed by atoms with Gasteiger partial charge in [0.05, 0.1) is 62.0 Å². The minimum atomic E-state index is 0.0119. The van der Waals surface area contributed by atoms with Crippen molar-refractivity contribution in [2.75, 3.05) is 28.4 Å². The van der Waals surface area contributed by atoms with Crippen LogP contribution in [0.4, 0.5) is 0 Å². The van der Waals surface area contributed by atoms with Gasteiger partial charge >= 0.3 is 0 Å². The van der Waals surface area contributed by atoms with Crippen molar-refractivity contribution >= 4 is 43.6 Å². The van der Waals surface area contributed by atoms with E-state index in [1.807, 2.05) is 30.5 Å².